The van der Waals surface area contributed by atoms with Gasteiger partial charge in [0.05, 0.1) is 0 Å². The summed E-state index contributed by atoms with van der Waals surface area (Å²) in [6.45, 7) is 9.99. The SMILES string of the molecule is CC(C)c1ccc(F)c2ccccc12.CCC(C)(Oc1ccc(C2CC[C@H](C)C2)cc1)C(=O)O. The van der Waals surface area contributed by atoms with Crippen LogP contribution in [0, 0.1) is 11.7 Å². The Morgan fingerprint density at radius 1 is 1.06 bits per heavy atom. The number of fused-ring (bicyclic) bond motifs is 1. The molecule has 182 valence electrons. The highest BCUT2D eigenvalue weighted by Gasteiger charge is 2.33. The molecule has 0 amide bonds. The van der Waals surface area contributed by atoms with Crippen molar-refractivity contribution >= 4 is 16.7 Å². The fourth-order valence-electron chi connectivity index (χ4n) is 4.63. The van der Waals surface area contributed by atoms with Gasteiger partial charge in [0.15, 0.2) is 0 Å². The summed E-state index contributed by atoms with van der Waals surface area (Å²) in [5.41, 5.74) is 1.40. The Balaban J connectivity index is 0.000000202. The third kappa shape index (κ3) is 5.97. The number of carbonyl (C=O) groups is 1. The lowest BCUT2D eigenvalue weighted by Gasteiger charge is -2.25. The maximum absolute atomic E-state index is 13.4. The van der Waals surface area contributed by atoms with Gasteiger partial charge in [-0.3, -0.25) is 0 Å². The molecule has 3 aromatic carbocycles. The van der Waals surface area contributed by atoms with Gasteiger partial charge in [-0.05, 0) is 78.7 Å². The van der Waals surface area contributed by atoms with Gasteiger partial charge >= 0.3 is 5.97 Å². The Bertz CT molecular complexity index is 1110. The molecule has 2 unspecified atom stereocenters. The average molecular weight is 465 g/mol. The summed E-state index contributed by atoms with van der Waals surface area (Å²) in [5.74, 6) is 1.47. The van der Waals surface area contributed by atoms with Crippen LogP contribution in [0.1, 0.15) is 83.3 Å². The van der Waals surface area contributed by atoms with E-state index >= 15 is 0 Å². The molecule has 1 aliphatic rings. The fourth-order valence-corrected chi connectivity index (χ4v) is 4.63. The summed E-state index contributed by atoms with van der Waals surface area (Å²) >= 11 is 0. The highest BCUT2D eigenvalue weighted by molar-refractivity contribution is 5.86. The van der Waals surface area contributed by atoms with Gasteiger partial charge < -0.3 is 9.84 Å². The van der Waals surface area contributed by atoms with Crippen molar-refractivity contribution in [1.82, 2.24) is 0 Å². The van der Waals surface area contributed by atoms with Crippen LogP contribution in [0.25, 0.3) is 10.8 Å². The third-order valence-corrected chi connectivity index (χ3v) is 7.04. The van der Waals surface area contributed by atoms with Gasteiger partial charge in [-0.2, -0.15) is 0 Å². The van der Waals surface area contributed by atoms with Crippen LogP contribution in [0.4, 0.5) is 4.39 Å². The monoisotopic (exact) mass is 464 g/mol. The molecule has 0 saturated heterocycles. The summed E-state index contributed by atoms with van der Waals surface area (Å²) in [5, 5.41) is 11.0. The molecular weight excluding hydrogens is 427 g/mol. The molecule has 0 bridgehead atoms. The van der Waals surface area contributed by atoms with Gasteiger partial charge in [0.2, 0.25) is 5.60 Å². The Hall–Kier alpha value is -2.88. The summed E-state index contributed by atoms with van der Waals surface area (Å²) in [6, 6.07) is 19.0. The lowest BCUT2D eigenvalue weighted by atomic mass is 9.96. The van der Waals surface area contributed by atoms with Crippen LogP contribution in [0.15, 0.2) is 60.7 Å². The summed E-state index contributed by atoms with van der Waals surface area (Å²) < 4.78 is 19.1. The summed E-state index contributed by atoms with van der Waals surface area (Å²) in [6.07, 6.45) is 4.24. The Morgan fingerprint density at radius 3 is 2.24 bits per heavy atom. The van der Waals surface area contributed by atoms with Crippen LogP contribution in [-0.2, 0) is 4.79 Å². The lowest BCUT2D eigenvalue weighted by Crippen LogP contribution is -2.40. The van der Waals surface area contributed by atoms with E-state index in [-0.39, 0.29) is 5.82 Å². The van der Waals surface area contributed by atoms with Gasteiger partial charge in [0.1, 0.15) is 11.6 Å². The molecule has 0 heterocycles. The molecule has 1 saturated carbocycles. The topological polar surface area (TPSA) is 46.5 Å². The predicted molar refractivity (Wildman–Crippen MR) is 137 cm³/mol. The Morgan fingerprint density at radius 2 is 1.71 bits per heavy atom. The summed E-state index contributed by atoms with van der Waals surface area (Å²) in [4.78, 5) is 11.2. The molecule has 0 spiro atoms. The first kappa shape index (κ1) is 25.7. The van der Waals surface area contributed by atoms with Crippen molar-refractivity contribution in [2.45, 2.75) is 77.7 Å². The molecule has 0 radical (unpaired) electrons. The second-order valence-corrected chi connectivity index (χ2v) is 10.0. The second kappa shape index (κ2) is 11.0. The van der Waals surface area contributed by atoms with Crippen molar-refractivity contribution in [1.29, 1.82) is 0 Å². The van der Waals surface area contributed by atoms with E-state index in [1.807, 2.05) is 49.4 Å². The Labute approximate surface area is 203 Å². The van der Waals surface area contributed by atoms with Crippen molar-refractivity contribution < 1.29 is 19.0 Å². The molecule has 34 heavy (non-hydrogen) atoms. The van der Waals surface area contributed by atoms with E-state index in [9.17, 15) is 14.3 Å². The smallest absolute Gasteiger partial charge is 0.347 e. The second-order valence-electron chi connectivity index (χ2n) is 10.0. The first-order valence-electron chi connectivity index (χ1n) is 12.3. The zero-order valence-electron chi connectivity index (χ0n) is 21.0. The molecule has 0 aliphatic heterocycles. The van der Waals surface area contributed by atoms with E-state index in [2.05, 4.69) is 32.9 Å². The highest BCUT2D eigenvalue weighted by atomic mass is 19.1. The van der Waals surface area contributed by atoms with Gasteiger partial charge in [-0.25, -0.2) is 9.18 Å². The number of carboxylic acids is 1. The fraction of sp³-hybridized carbons (Fsp3) is 0.433. The maximum atomic E-state index is 13.4. The van der Waals surface area contributed by atoms with E-state index in [0.717, 1.165) is 16.7 Å². The average Bonchev–Trinajstić information content (AvgIpc) is 3.26. The van der Waals surface area contributed by atoms with Gasteiger partial charge in [-0.1, -0.05) is 76.6 Å². The zero-order valence-corrected chi connectivity index (χ0v) is 21.0. The number of hydrogen-bond acceptors (Lipinski definition) is 2. The van der Waals surface area contributed by atoms with E-state index in [4.69, 9.17) is 4.74 Å². The number of aliphatic carboxylic acids is 1. The van der Waals surface area contributed by atoms with Gasteiger partial charge in [-0.15, -0.1) is 0 Å². The first-order chi connectivity index (χ1) is 16.1. The van der Waals surface area contributed by atoms with E-state index in [1.165, 1.54) is 30.4 Å². The minimum atomic E-state index is -1.15. The van der Waals surface area contributed by atoms with Crippen molar-refractivity contribution in [3.05, 3.63) is 77.6 Å². The molecule has 3 aromatic rings. The molecule has 3 atom stereocenters. The van der Waals surface area contributed by atoms with Crippen LogP contribution in [0.3, 0.4) is 0 Å². The number of carboxylic acid groups (broad SMARTS) is 1. The van der Waals surface area contributed by atoms with E-state index in [0.29, 0.717) is 24.0 Å². The quantitative estimate of drug-likeness (QED) is 0.399. The molecule has 0 aromatic heterocycles. The summed E-state index contributed by atoms with van der Waals surface area (Å²) in [7, 11) is 0. The van der Waals surface area contributed by atoms with Crippen molar-refractivity contribution in [2.75, 3.05) is 0 Å². The predicted octanol–water partition coefficient (Wildman–Crippen LogP) is 8.32. The van der Waals surface area contributed by atoms with E-state index < -0.39 is 11.6 Å². The largest absolute Gasteiger partial charge is 0.478 e. The van der Waals surface area contributed by atoms with Crippen LogP contribution < -0.4 is 4.74 Å². The highest BCUT2D eigenvalue weighted by Crippen LogP contribution is 2.38. The zero-order chi connectivity index (χ0) is 24.9. The number of ether oxygens (including phenoxy) is 1. The Kier molecular flexibility index (Phi) is 8.35. The number of hydrogen-bond donors (Lipinski definition) is 1. The minimum Gasteiger partial charge on any atom is -0.478 e. The van der Waals surface area contributed by atoms with Crippen molar-refractivity contribution in [3.8, 4) is 5.75 Å². The minimum absolute atomic E-state index is 0.134. The normalized spacial score (nSPS) is 19.4. The molecule has 1 N–H and O–H groups in total. The lowest BCUT2D eigenvalue weighted by molar-refractivity contribution is -0.154. The molecule has 1 aliphatic carbocycles. The maximum Gasteiger partial charge on any atom is 0.347 e. The number of rotatable bonds is 6. The van der Waals surface area contributed by atoms with Gasteiger partial charge in [0, 0.05) is 5.39 Å². The van der Waals surface area contributed by atoms with Crippen molar-refractivity contribution in [3.63, 3.8) is 0 Å². The standard InChI is InChI=1S/C17H24O3.C13H13F/c1-4-17(3,16(18)19)20-15-9-7-13(8-10-15)14-6-5-12(2)11-14;1-9(2)10-7-8-13(14)12-6-4-3-5-11(10)12/h7-10,12,14H,4-6,11H2,1-3H3,(H,18,19);3-9H,1-2H3/t12-,14?,17?;/m0./s1. The molecule has 4 heteroatoms. The van der Waals surface area contributed by atoms with Crippen molar-refractivity contribution in [2.24, 2.45) is 5.92 Å². The molecule has 1 fully saturated rings. The van der Waals surface area contributed by atoms with Gasteiger partial charge in [0.25, 0.3) is 0 Å². The molecular formula is C30H37FO3. The first-order valence-corrected chi connectivity index (χ1v) is 12.3. The number of benzene rings is 3. The van der Waals surface area contributed by atoms with Crippen LogP contribution in [0.2, 0.25) is 0 Å². The van der Waals surface area contributed by atoms with Crippen LogP contribution in [0.5, 0.6) is 5.75 Å². The van der Waals surface area contributed by atoms with E-state index in [1.54, 1.807) is 13.0 Å². The third-order valence-electron chi connectivity index (χ3n) is 7.04. The van der Waals surface area contributed by atoms with Crippen LogP contribution >= 0.6 is 0 Å². The van der Waals surface area contributed by atoms with Crippen LogP contribution in [-0.4, -0.2) is 16.7 Å². The number of halogens is 1. The molecule has 4 rings (SSSR count). The molecule has 3 nitrogen and oxygen atoms in total.